The Labute approximate surface area is 117 Å². The highest BCUT2D eigenvalue weighted by molar-refractivity contribution is 5.91. The van der Waals surface area contributed by atoms with Crippen molar-refractivity contribution in [2.75, 3.05) is 0 Å². The van der Waals surface area contributed by atoms with E-state index in [0.717, 1.165) is 12.8 Å². The number of hydrogen-bond acceptors (Lipinski definition) is 2. The lowest BCUT2D eigenvalue weighted by molar-refractivity contribution is 0.101. The number of nitrogens with zero attached hydrogens (tertiary/aromatic N) is 2. The fourth-order valence-corrected chi connectivity index (χ4v) is 2.48. The standard InChI is InChI=1S/C16H28N2O/c1-5-7-9-12-16(4,11-8-6-2)18-13-10-15(17-18)14(3)19/h10,13H,5-9,11-12H2,1-4H3. The highest BCUT2D eigenvalue weighted by Gasteiger charge is 2.26. The zero-order chi connectivity index (χ0) is 14.3. The molecule has 1 aromatic heterocycles. The van der Waals surface area contributed by atoms with Crippen molar-refractivity contribution >= 4 is 5.78 Å². The van der Waals surface area contributed by atoms with E-state index in [0.29, 0.717) is 5.69 Å². The molecule has 0 saturated carbocycles. The summed E-state index contributed by atoms with van der Waals surface area (Å²) < 4.78 is 2.02. The van der Waals surface area contributed by atoms with Crippen molar-refractivity contribution in [2.45, 2.75) is 78.2 Å². The minimum Gasteiger partial charge on any atom is -0.293 e. The second kappa shape index (κ2) is 7.46. The van der Waals surface area contributed by atoms with Crippen LogP contribution in [0.25, 0.3) is 0 Å². The molecule has 1 heterocycles. The van der Waals surface area contributed by atoms with Gasteiger partial charge in [-0.15, -0.1) is 0 Å². The van der Waals surface area contributed by atoms with Crippen LogP contribution < -0.4 is 0 Å². The molecule has 1 atom stereocenters. The molecule has 108 valence electrons. The second-order valence-corrected chi connectivity index (χ2v) is 5.76. The first-order chi connectivity index (χ1) is 9.03. The summed E-state index contributed by atoms with van der Waals surface area (Å²) in [5.74, 6) is 0.0464. The molecule has 0 aliphatic carbocycles. The molecule has 19 heavy (non-hydrogen) atoms. The molecule has 1 rings (SSSR count). The summed E-state index contributed by atoms with van der Waals surface area (Å²) in [6, 6.07) is 1.84. The topological polar surface area (TPSA) is 34.9 Å². The number of rotatable bonds is 9. The van der Waals surface area contributed by atoms with Gasteiger partial charge in [-0.2, -0.15) is 5.10 Å². The van der Waals surface area contributed by atoms with Crippen LogP contribution in [-0.2, 0) is 5.54 Å². The van der Waals surface area contributed by atoms with Gasteiger partial charge in [0.25, 0.3) is 0 Å². The Hall–Kier alpha value is -1.12. The van der Waals surface area contributed by atoms with Crippen LogP contribution in [0.4, 0.5) is 0 Å². The van der Waals surface area contributed by atoms with E-state index in [-0.39, 0.29) is 11.3 Å². The molecule has 1 unspecified atom stereocenters. The number of unbranched alkanes of at least 4 members (excludes halogenated alkanes) is 3. The average Bonchev–Trinajstić information content (AvgIpc) is 2.87. The van der Waals surface area contributed by atoms with Crippen LogP contribution in [0.15, 0.2) is 12.3 Å². The number of carbonyl (C=O) groups excluding carboxylic acids is 1. The highest BCUT2D eigenvalue weighted by Crippen LogP contribution is 2.29. The van der Waals surface area contributed by atoms with Crippen molar-refractivity contribution in [3.8, 4) is 0 Å². The lowest BCUT2D eigenvalue weighted by Crippen LogP contribution is -2.31. The minimum atomic E-state index is 0.0464. The van der Waals surface area contributed by atoms with Crippen LogP contribution in [-0.4, -0.2) is 15.6 Å². The van der Waals surface area contributed by atoms with E-state index >= 15 is 0 Å². The van der Waals surface area contributed by atoms with Gasteiger partial charge in [0.1, 0.15) is 5.69 Å². The maximum absolute atomic E-state index is 11.4. The van der Waals surface area contributed by atoms with Gasteiger partial charge in [0, 0.05) is 13.1 Å². The van der Waals surface area contributed by atoms with Crippen LogP contribution in [0.5, 0.6) is 0 Å². The zero-order valence-electron chi connectivity index (χ0n) is 12.9. The van der Waals surface area contributed by atoms with E-state index in [4.69, 9.17) is 0 Å². The van der Waals surface area contributed by atoms with Gasteiger partial charge in [-0.1, -0.05) is 46.0 Å². The average molecular weight is 264 g/mol. The lowest BCUT2D eigenvalue weighted by Gasteiger charge is -2.30. The lowest BCUT2D eigenvalue weighted by atomic mass is 9.89. The quantitative estimate of drug-likeness (QED) is 0.483. The summed E-state index contributed by atoms with van der Waals surface area (Å²) >= 11 is 0. The van der Waals surface area contributed by atoms with Crippen molar-refractivity contribution in [1.29, 1.82) is 0 Å². The van der Waals surface area contributed by atoms with E-state index in [1.54, 1.807) is 6.92 Å². The van der Waals surface area contributed by atoms with Crippen molar-refractivity contribution in [3.63, 3.8) is 0 Å². The Balaban J connectivity index is 2.83. The SMILES string of the molecule is CCCCCC(C)(CCCC)n1ccc(C(C)=O)n1. The normalized spacial score (nSPS) is 14.3. The van der Waals surface area contributed by atoms with Gasteiger partial charge >= 0.3 is 0 Å². The molecular weight excluding hydrogens is 236 g/mol. The predicted octanol–water partition coefficient (Wildman–Crippen LogP) is 4.57. The first kappa shape index (κ1) is 15.9. The van der Waals surface area contributed by atoms with Crippen LogP contribution in [0.1, 0.15) is 83.1 Å². The molecule has 3 nitrogen and oxygen atoms in total. The fraction of sp³-hybridized carbons (Fsp3) is 0.750. The molecule has 0 aliphatic rings. The fourth-order valence-electron chi connectivity index (χ4n) is 2.48. The monoisotopic (exact) mass is 264 g/mol. The van der Waals surface area contributed by atoms with E-state index < -0.39 is 0 Å². The molecule has 1 aromatic rings. The summed E-state index contributed by atoms with van der Waals surface area (Å²) in [7, 11) is 0. The molecular formula is C16H28N2O. The summed E-state index contributed by atoms with van der Waals surface area (Å²) in [6.45, 7) is 8.30. The van der Waals surface area contributed by atoms with Gasteiger partial charge in [-0.3, -0.25) is 9.48 Å². The van der Waals surface area contributed by atoms with Gasteiger partial charge in [0.05, 0.1) is 5.54 Å². The largest absolute Gasteiger partial charge is 0.293 e. The number of hydrogen-bond donors (Lipinski definition) is 0. The third kappa shape index (κ3) is 4.48. The molecule has 0 fully saturated rings. The van der Waals surface area contributed by atoms with E-state index in [2.05, 4.69) is 25.9 Å². The molecule has 0 saturated heterocycles. The molecule has 0 spiro atoms. The summed E-state index contributed by atoms with van der Waals surface area (Å²) in [4.78, 5) is 11.4. The van der Waals surface area contributed by atoms with Gasteiger partial charge < -0.3 is 0 Å². The van der Waals surface area contributed by atoms with Crippen molar-refractivity contribution in [1.82, 2.24) is 9.78 Å². The van der Waals surface area contributed by atoms with Gasteiger partial charge in [0.15, 0.2) is 5.78 Å². The Bertz CT molecular complexity index is 397. The maximum atomic E-state index is 11.4. The maximum Gasteiger partial charge on any atom is 0.179 e. The number of ketones is 1. The summed E-state index contributed by atoms with van der Waals surface area (Å²) in [5, 5.41) is 4.48. The third-order valence-corrected chi connectivity index (χ3v) is 3.89. The van der Waals surface area contributed by atoms with Gasteiger partial charge in [-0.25, -0.2) is 0 Å². The van der Waals surface area contributed by atoms with Crippen LogP contribution in [0.2, 0.25) is 0 Å². The Kier molecular flexibility index (Phi) is 6.26. The number of Topliss-reactive ketones (excluding diaryl/α,β-unsaturated/α-hetero) is 1. The second-order valence-electron chi connectivity index (χ2n) is 5.76. The molecule has 3 heteroatoms. The van der Waals surface area contributed by atoms with Crippen LogP contribution in [0.3, 0.4) is 0 Å². The zero-order valence-corrected chi connectivity index (χ0v) is 12.9. The van der Waals surface area contributed by atoms with E-state index in [1.807, 2.05) is 16.9 Å². The van der Waals surface area contributed by atoms with Gasteiger partial charge in [0.2, 0.25) is 0 Å². The Morgan fingerprint density at radius 3 is 2.37 bits per heavy atom. The molecule has 0 aliphatic heterocycles. The predicted molar refractivity (Wildman–Crippen MR) is 79.5 cm³/mol. The van der Waals surface area contributed by atoms with Crippen molar-refractivity contribution < 1.29 is 4.79 Å². The smallest absolute Gasteiger partial charge is 0.179 e. The minimum absolute atomic E-state index is 0.0464. The number of aromatic nitrogens is 2. The number of carbonyl (C=O) groups is 1. The van der Waals surface area contributed by atoms with E-state index in [9.17, 15) is 4.79 Å². The molecule has 0 amide bonds. The van der Waals surface area contributed by atoms with Crippen LogP contribution >= 0.6 is 0 Å². The third-order valence-electron chi connectivity index (χ3n) is 3.89. The van der Waals surface area contributed by atoms with Crippen molar-refractivity contribution in [3.05, 3.63) is 18.0 Å². The Morgan fingerprint density at radius 2 is 1.84 bits per heavy atom. The molecule has 0 bridgehead atoms. The van der Waals surface area contributed by atoms with Gasteiger partial charge in [-0.05, 0) is 25.8 Å². The van der Waals surface area contributed by atoms with E-state index in [1.165, 1.54) is 32.1 Å². The first-order valence-corrected chi connectivity index (χ1v) is 7.60. The molecule has 0 radical (unpaired) electrons. The highest BCUT2D eigenvalue weighted by atomic mass is 16.1. The molecule has 0 N–H and O–H groups in total. The van der Waals surface area contributed by atoms with Crippen LogP contribution in [0, 0.1) is 0 Å². The van der Waals surface area contributed by atoms with Crippen molar-refractivity contribution in [2.24, 2.45) is 0 Å². The Morgan fingerprint density at radius 1 is 1.21 bits per heavy atom. The summed E-state index contributed by atoms with van der Waals surface area (Å²) in [5.41, 5.74) is 0.636. The first-order valence-electron chi connectivity index (χ1n) is 7.60. The molecule has 0 aromatic carbocycles. The summed E-state index contributed by atoms with van der Waals surface area (Å²) in [6.07, 6.45) is 10.4.